The standard InChI is InChI=1S/C7H10N2O2/c10-5-4-7(2-1-3-7)9-6(11)8-5/h1-4H2,(H2,8,9,10,11). The third-order valence-corrected chi connectivity index (χ3v) is 2.44. The van der Waals surface area contributed by atoms with Crippen molar-refractivity contribution >= 4 is 11.9 Å². The first kappa shape index (κ1) is 6.64. The lowest BCUT2D eigenvalue weighted by Crippen LogP contribution is -2.63. The number of carbonyl (C=O) groups excluding carboxylic acids is 2. The average molecular weight is 154 g/mol. The molecule has 11 heavy (non-hydrogen) atoms. The zero-order chi connectivity index (χ0) is 7.90. The van der Waals surface area contributed by atoms with Crippen molar-refractivity contribution in [2.75, 3.05) is 0 Å². The van der Waals surface area contributed by atoms with Crippen molar-refractivity contribution < 1.29 is 9.59 Å². The molecular formula is C7H10N2O2. The summed E-state index contributed by atoms with van der Waals surface area (Å²) in [5, 5.41) is 5.00. The minimum absolute atomic E-state index is 0.145. The van der Waals surface area contributed by atoms with E-state index in [1.165, 1.54) is 0 Å². The van der Waals surface area contributed by atoms with Gasteiger partial charge >= 0.3 is 6.03 Å². The molecule has 0 radical (unpaired) electrons. The second kappa shape index (κ2) is 1.96. The van der Waals surface area contributed by atoms with E-state index in [4.69, 9.17) is 0 Å². The van der Waals surface area contributed by atoms with Crippen molar-refractivity contribution in [1.82, 2.24) is 10.6 Å². The summed E-state index contributed by atoms with van der Waals surface area (Å²) in [6, 6.07) is -0.332. The number of rotatable bonds is 0. The molecule has 2 aliphatic rings. The van der Waals surface area contributed by atoms with Gasteiger partial charge in [-0.15, -0.1) is 0 Å². The highest BCUT2D eigenvalue weighted by molar-refractivity contribution is 5.98. The molecule has 2 rings (SSSR count). The Morgan fingerprint density at radius 2 is 2.00 bits per heavy atom. The van der Waals surface area contributed by atoms with Crippen LogP contribution in [0.2, 0.25) is 0 Å². The van der Waals surface area contributed by atoms with Gasteiger partial charge < -0.3 is 5.32 Å². The number of imide groups is 1. The molecule has 0 aromatic heterocycles. The van der Waals surface area contributed by atoms with E-state index in [1.807, 2.05) is 0 Å². The highest BCUT2D eigenvalue weighted by Crippen LogP contribution is 2.35. The Kier molecular flexibility index (Phi) is 1.19. The Labute approximate surface area is 64.3 Å². The van der Waals surface area contributed by atoms with Gasteiger partial charge in [-0.05, 0) is 19.3 Å². The molecule has 0 aromatic rings. The summed E-state index contributed by atoms with van der Waals surface area (Å²) in [6.07, 6.45) is 3.48. The zero-order valence-electron chi connectivity index (χ0n) is 6.14. The highest BCUT2D eigenvalue weighted by atomic mass is 16.2. The van der Waals surface area contributed by atoms with Crippen LogP contribution in [0.25, 0.3) is 0 Å². The summed E-state index contributed by atoms with van der Waals surface area (Å²) in [6.45, 7) is 0. The smallest absolute Gasteiger partial charge is 0.321 e. The van der Waals surface area contributed by atoms with Gasteiger partial charge in [0.1, 0.15) is 0 Å². The van der Waals surface area contributed by atoms with E-state index in [2.05, 4.69) is 10.6 Å². The molecule has 1 heterocycles. The van der Waals surface area contributed by atoms with Crippen LogP contribution < -0.4 is 10.6 Å². The van der Waals surface area contributed by atoms with Crippen molar-refractivity contribution in [1.29, 1.82) is 0 Å². The van der Waals surface area contributed by atoms with Gasteiger partial charge in [0.25, 0.3) is 0 Å². The van der Waals surface area contributed by atoms with Crippen LogP contribution in [0.4, 0.5) is 4.79 Å². The Balaban J connectivity index is 2.12. The molecule has 1 aliphatic carbocycles. The Hall–Kier alpha value is -1.06. The summed E-state index contributed by atoms with van der Waals surface area (Å²) in [7, 11) is 0. The SMILES string of the molecule is O=C1CC2(CCC2)NC(=O)N1. The second-order valence-electron chi connectivity index (χ2n) is 3.31. The minimum Gasteiger partial charge on any atom is -0.332 e. The van der Waals surface area contributed by atoms with Crippen LogP contribution in [0.15, 0.2) is 0 Å². The van der Waals surface area contributed by atoms with Crippen molar-refractivity contribution in [3.8, 4) is 0 Å². The first-order valence-electron chi connectivity index (χ1n) is 3.82. The fourth-order valence-corrected chi connectivity index (χ4v) is 1.70. The van der Waals surface area contributed by atoms with E-state index < -0.39 is 0 Å². The number of nitrogens with one attached hydrogen (secondary N) is 2. The van der Waals surface area contributed by atoms with Gasteiger partial charge in [0.2, 0.25) is 5.91 Å². The molecule has 2 N–H and O–H groups in total. The monoisotopic (exact) mass is 154 g/mol. The molecule has 60 valence electrons. The minimum atomic E-state index is -0.332. The quantitative estimate of drug-likeness (QED) is 0.521. The maximum atomic E-state index is 10.9. The number of hydrogen-bond acceptors (Lipinski definition) is 2. The third kappa shape index (κ3) is 0.982. The molecule has 3 amide bonds. The normalized spacial score (nSPS) is 27.3. The van der Waals surface area contributed by atoms with E-state index in [0.29, 0.717) is 6.42 Å². The topological polar surface area (TPSA) is 58.2 Å². The Morgan fingerprint density at radius 3 is 2.45 bits per heavy atom. The molecule has 4 nitrogen and oxygen atoms in total. The Bertz CT molecular complexity index is 202. The van der Waals surface area contributed by atoms with E-state index >= 15 is 0 Å². The average Bonchev–Trinajstić information content (AvgIpc) is 1.82. The summed E-state index contributed by atoms with van der Waals surface area (Å²) in [5.41, 5.74) is -0.167. The summed E-state index contributed by atoms with van der Waals surface area (Å²) in [4.78, 5) is 21.7. The maximum absolute atomic E-state index is 10.9. The molecule has 0 unspecified atom stereocenters. The summed E-state index contributed by atoms with van der Waals surface area (Å²) in [5.74, 6) is -0.145. The van der Waals surface area contributed by atoms with Crippen LogP contribution in [0, 0.1) is 0 Å². The van der Waals surface area contributed by atoms with Gasteiger partial charge in [0.15, 0.2) is 0 Å². The number of hydrogen-bond donors (Lipinski definition) is 2. The van der Waals surface area contributed by atoms with Gasteiger partial charge in [-0.2, -0.15) is 0 Å². The Morgan fingerprint density at radius 1 is 1.27 bits per heavy atom. The summed E-state index contributed by atoms with van der Waals surface area (Å²) < 4.78 is 0. The molecule has 1 aliphatic heterocycles. The van der Waals surface area contributed by atoms with Crippen LogP contribution in [-0.4, -0.2) is 17.5 Å². The molecule has 0 bridgehead atoms. The van der Waals surface area contributed by atoms with E-state index in [9.17, 15) is 9.59 Å². The number of carbonyl (C=O) groups is 2. The molecular weight excluding hydrogens is 144 g/mol. The van der Waals surface area contributed by atoms with Gasteiger partial charge in [-0.25, -0.2) is 4.79 Å². The first-order valence-corrected chi connectivity index (χ1v) is 3.82. The van der Waals surface area contributed by atoms with E-state index in [0.717, 1.165) is 19.3 Å². The fraction of sp³-hybridized carbons (Fsp3) is 0.714. The molecule has 1 saturated heterocycles. The van der Waals surface area contributed by atoms with Crippen LogP contribution >= 0.6 is 0 Å². The molecule has 4 heteroatoms. The van der Waals surface area contributed by atoms with Gasteiger partial charge in [0.05, 0.1) is 12.0 Å². The van der Waals surface area contributed by atoms with Crippen molar-refractivity contribution in [2.24, 2.45) is 0 Å². The zero-order valence-corrected chi connectivity index (χ0v) is 6.14. The van der Waals surface area contributed by atoms with Crippen LogP contribution in [0.1, 0.15) is 25.7 Å². The third-order valence-electron chi connectivity index (χ3n) is 2.44. The molecule has 1 spiro atoms. The lowest BCUT2D eigenvalue weighted by molar-refractivity contribution is -0.123. The first-order chi connectivity index (χ1) is 5.20. The molecule has 0 aromatic carbocycles. The largest absolute Gasteiger partial charge is 0.332 e. The van der Waals surface area contributed by atoms with Crippen LogP contribution in [-0.2, 0) is 4.79 Å². The maximum Gasteiger partial charge on any atom is 0.321 e. The van der Waals surface area contributed by atoms with E-state index in [1.54, 1.807) is 0 Å². The van der Waals surface area contributed by atoms with Crippen LogP contribution in [0.5, 0.6) is 0 Å². The van der Waals surface area contributed by atoms with Crippen molar-refractivity contribution in [3.05, 3.63) is 0 Å². The predicted molar refractivity (Wildman–Crippen MR) is 37.9 cm³/mol. The lowest BCUT2D eigenvalue weighted by Gasteiger charge is -2.44. The fourth-order valence-electron chi connectivity index (χ4n) is 1.70. The van der Waals surface area contributed by atoms with Gasteiger partial charge in [-0.1, -0.05) is 0 Å². The number of amides is 3. The van der Waals surface area contributed by atoms with Crippen LogP contribution in [0.3, 0.4) is 0 Å². The van der Waals surface area contributed by atoms with E-state index in [-0.39, 0.29) is 17.5 Å². The molecule has 1 saturated carbocycles. The summed E-state index contributed by atoms with van der Waals surface area (Å²) >= 11 is 0. The lowest BCUT2D eigenvalue weighted by atomic mass is 9.73. The van der Waals surface area contributed by atoms with Crippen molar-refractivity contribution in [3.63, 3.8) is 0 Å². The molecule has 2 fully saturated rings. The second-order valence-corrected chi connectivity index (χ2v) is 3.31. The highest BCUT2D eigenvalue weighted by Gasteiger charge is 2.43. The molecule has 0 atom stereocenters. The predicted octanol–water partition coefficient (Wildman–Crippen LogP) is 0.139. The number of urea groups is 1. The van der Waals surface area contributed by atoms with Gasteiger partial charge in [-0.3, -0.25) is 10.1 Å². The van der Waals surface area contributed by atoms with Crippen molar-refractivity contribution in [2.45, 2.75) is 31.2 Å². The van der Waals surface area contributed by atoms with Gasteiger partial charge in [0, 0.05) is 0 Å².